The van der Waals surface area contributed by atoms with E-state index in [1.54, 1.807) is 20.3 Å². The summed E-state index contributed by atoms with van der Waals surface area (Å²) in [5, 5.41) is 11.3. The van der Waals surface area contributed by atoms with Crippen LogP contribution in [-0.2, 0) is 4.79 Å². The Morgan fingerprint density at radius 2 is 1.70 bits per heavy atom. The van der Waals surface area contributed by atoms with Crippen molar-refractivity contribution in [2.24, 2.45) is 0 Å². The van der Waals surface area contributed by atoms with Crippen LogP contribution in [0.5, 0.6) is 11.5 Å². The van der Waals surface area contributed by atoms with E-state index < -0.39 is 0 Å². The number of rotatable bonds is 9. The second kappa shape index (κ2) is 12.6. The smallest absolute Gasteiger partial charge is 0.277 e. The number of anilines is 2. The van der Waals surface area contributed by atoms with Gasteiger partial charge in [0.25, 0.3) is 17.0 Å². The summed E-state index contributed by atoms with van der Waals surface area (Å²) in [5.41, 5.74) is 3.05. The average molecular weight is 560 g/mol. The van der Waals surface area contributed by atoms with Crippen molar-refractivity contribution < 1.29 is 23.5 Å². The van der Waals surface area contributed by atoms with Gasteiger partial charge in [0.15, 0.2) is 0 Å². The van der Waals surface area contributed by atoms with Crippen LogP contribution in [0.3, 0.4) is 0 Å². The number of nitrogens with one attached hydrogen (secondary N) is 1. The van der Waals surface area contributed by atoms with Crippen LogP contribution in [0.4, 0.5) is 11.4 Å². The predicted molar refractivity (Wildman–Crippen MR) is 153 cm³/mol. The molecule has 2 heterocycles. The highest BCUT2D eigenvalue weighted by Crippen LogP contribution is 2.30. The van der Waals surface area contributed by atoms with Gasteiger partial charge in [-0.3, -0.25) is 9.59 Å². The van der Waals surface area contributed by atoms with Crippen molar-refractivity contribution in [1.29, 1.82) is 0 Å². The zero-order valence-corrected chi connectivity index (χ0v) is 23.0. The second-order valence-electron chi connectivity index (χ2n) is 8.97. The Hall–Kier alpha value is -4.51. The molecule has 0 bridgehead atoms. The van der Waals surface area contributed by atoms with E-state index in [1.165, 1.54) is 0 Å². The number of para-hydroxylation sites is 1. The van der Waals surface area contributed by atoms with Gasteiger partial charge in [-0.05, 0) is 54.6 Å². The number of hydrogen-bond donors (Lipinski definition) is 1. The third kappa shape index (κ3) is 6.37. The zero-order chi connectivity index (χ0) is 27.9. The monoisotopic (exact) mass is 559 g/mol. The summed E-state index contributed by atoms with van der Waals surface area (Å²) in [6.07, 6.45) is 0. The Kier molecular flexibility index (Phi) is 8.50. The van der Waals surface area contributed by atoms with Gasteiger partial charge in [-0.25, -0.2) is 0 Å². The van der Waals surface area contributed by atoms with Crippen molar-refractivity contribution in [3.05, 3.63) is 78.4 Å². The van der Waals surface area contributed by atoms with Gasteiger partial charge < -0.3 is 29.0 Å². The van der Waals surface area contributed by atoms with E-state index >= 15 is 0 Å². The van der Waals surface area contributed by atoms with Gasteiger partial charge >= 0.3 is 0 Å². The molecule has 0 spiro atoms. The van der Waals surface area contributed by atoms with Crippen LogP contribution < -0.4 is 19.7 Å². The maximum Gasteiger partial charge on any atom is 0.277 e. The molecule has 206 valence electrons. The highest BCUT2D eigenvalue weighted by Gasteiger charge is 2.23. The molecule has 1 aliphatic rings. The Balaban J connectivity index is 1.09. The lowest BCUT2D eigenvalue weighted by Crippen LogP contribution is -2.48. The van der Waals surface area contributed by atoms with Crippen LogP contribution in [0, 0.1) is 0 Å². The quantitative estimate of drug-likeness (QED) is 0.298. The first-order valence-corrected chi connectivity index (χ1v) is 13.7. The van der Waals surface area contributed by atoms with E-state index in [0.717, 1.165) is 30.5 Å². The molecule has 4 aromatic rings. The first-order valence-electron chi connectivity index (χ1n) is 12.7. The minimum absolute atomic E-state index is 0.00558. The molecule has 1 N–H and O–H groups in total. The molecular weight excluding hydrogens is 530 g/mol. The normalized spacial score (nSPS) is 13.2. The molecule has 0 radical (unpaired) electrons. The van der Waals surface area contributed by atoms with Crippen LogP contribution >= 0.6 is 11.8 Å². The Morgan fingerprint density at radius 1 is 0.925 bits per heavy atom. The topological polar surface area (TPSA) is 110 Å². The van der Waals surface area contributed by atoms with Crippen LogP contribution in [0.2, 0.25) is 0 Å². The van der Waals surface area contributed by atoms with E-state index in [2.05, 4.69) is 20.4 Å². The van der Waals surface area contributed by atoms with Gasteiger partial charge in [-0.1, -0.05) is 30.0 Å². The molecule has 40 heavy (non-hydrogen) atoms. The molecule has 5 rings (SSSR count). The Morgan fingerprint density at radius 3 is 2.45 bits per heavy atom. The Labute approximate surface area is 236 Å². The lowest BCUT2D eigenvalue weighted by Gasteiger charge is -2.36. The van der Waals surface area contributed by atoms with Gasteiger partial charge in [-0.2, -0.15) is 0 Å². The number of methoxy groups -OCH3 is 2. The maximum atomic E-state index is 12.9. The SMILES string of the molecule is COc1cccc(C(=O)N2CCN(c3ccc(NC(=O)CSc4nnc(-c5ccccc5OC)o4)cc3)CC2)c1. The first-order chi connectivity index (χ1) is 19.5. The number of hydrogen-bond acceptors (Lipinski definition) is 9. The summed E-state index contributed by atoms with van der Waals surface area (Å²) in [7, 11) is 3.17. The summed E-state index contributed by atoms with van der Waals surface area (Å²) in [5.74, 6) is 1.58. The number of carbonyl (C=O) groups excluding carboxylic acids is 2. The van der Waals surface area contributed by atoms with Crippen LogP contribution in [0.15, 0.2) is 82.4 Å². The molecule has 11 heteroatoms. The zero-order valence-electron chi connectivity index (χ0n) is 22.2. The second-order valence-corrected chi connectivity index (χ2v) is 9.89. The van der Waals surface area contributed by atoms with E-state index in [-0.39, 0.29) is 17.6 Å². The molecule has 10 nitrogen and oxygen atoms in total. The molecule has 3 aromatic carbocycles. The highest BCUT2D eigenvalue weighted by atomic mass is 32.2. The minimum atomic E-state index is -0.181. The van der Waals surface area contributed by atoms with E-state index in [0.29, 0.717) is 52.5 Å². The lowest BCUT2D eigenvalue weighted by molar-refractivity contribution is -0.113. The minimum Gasteiger partial charge on any atom is -0.497 e. The van der Waals surface area contributed by atoms with Crippen LogP contribution in [0.25, 0.3) is 11.5 Å². The number of nitrogens with zero attached hydrogens (tertiary/aromatic N) is 4. The number of benzene rings is 3. The molecule has 1 fully saturated rings. The number of piperazine rings is 1. The average Bonchev–Trinajstić information content (AvgIpc) is 3.49. The fourth-order valence-electron chi connectivity index (χ4n) is 4.38. The van der Waals surface area contributed by atoms with Crippen LogP contribution in [0.1, 0.15) is 10.4 Å². The van der Waals surface area contributed by atoms with E-state index in [4.69, 9.17) is 13.9 Å². The van der Waals surface area contributed by atoms with Gasteiger partial charge in [-0.15, -0.1) is 10.2 Å². The number of thioether (sulfide) groups is 1. The van der Waals surface area contributed by atoms with Gasteiger partial charge in [0.2, 0.25) is 5.91 Å². The van der Waals surface area contributed by atoms with E-state index in [1.807, 2.05) is 71.6 Å². The van der Waals surface area contributed by atoms with Gasteiger partial charge in [0.05, 0.1) is 25.5 Å². The van der Waals surface area contributed by atoms with Crippen molar-refractivity contribution in [3.8, 4) is 23.0 Å². The molecular formula is C29H29N5O5S. The van der Waals surface area contributed by atoms with Crippen molar-refractivity contribution in [3.63, 3.8) is 0 Å². The standard InChI is InChI=1S/C29H29N5O5S/c1-37-23-7-5-6-20(18-23)28(36)34-16-14-33(15-17-34)22-12-10-21(11-13-22)30-26(35)19-40-29-32-31-27(39-29)24-8-3-4-9-25(24)38-2/h3-13,18H,14-17,19H2,1-2H3,(H,30,35). The van der Waals surface area contributed by atoms with Crippen molar-refractivity contribution in [1.82, 2.24) is 15.1 Å². The summed E-state index contributed by atoms with van der Waals surface area (Å²) >= 11 is 1.16. The Bertz CT molecular complexity index is 1470. The summed E-state index contributed by atoms with van der Waals surface area (Å²) in [6.45, 7) is 2.69. The fraction of sp³-hybridized carbons (Fsp3) is 0.241. The fourth-order valence-corrected chi connectivity index (χ4v) is 4.95. The summed E-state index contributed by atoms with van der Waals surface area (Å²) in [6, 6.07) is 22.3. The van der Waals surface area contributed by atoms with Crippen molar-refractivity contribution >= 4 is 35.0 Å². The van der Waals surface area contributed by atoms with Crippen LogP contribution in [-0.4, -0.2) is 73.1 Å². The third-order valence-corrected chi connectivity index (χ3v) is 7.29. The van der Waals surface area contributed by atoms with Gasteiger partial charge in [0, 0.05) is 43.1 Å². The molecule has 1 aliphatic heterocycles. The number of carbonyl (C=O) groups is 2. The molecule has 0 saturated carbocycles. The lowest BCUT2D eigenvalue weighted by atomic mass is 10.1. The third-order valence-electron chi connectivity index (χ3n) is 6.47. The molecule has 0 aliphatic carbocycles. The number of ether oxygens (including phenoxy) is 2. The van der Waals surface area contributed by atoms with E-state index in [9.17, 15) is 9.59 Å². The maximum absolute atomic E-state index is 12.9. The molecule has 0 unspecified atom stereocenters. The molecule has 0 atom stereocenters. The summed E-state index contributed by atoms with van der Waals surface area (Å²) < 4.78 is 16.3. The predicted octanol–water partition coefficient (Wildman–Crippen LogP) is 4.45. The van der Waals surface area contributed by atoms with Gasteiger partial charge in [0.1, 0.15) is 11.5 Å². The van der Waals surface area contributed by atoms with Crippen molar-refractivity contribution in [2.45, 2.75) is 5.22 Å². The highest BCUT2D eigenvalue weighted by molar-refractivity contribution is 7.99. The number of aromatic nitrogens is 2. The van der Waals surface area contributed by atoms with Crippen molar-refractivity contribution in [2.75, 3.05) is 56.4 Å². The number of amides is 2. The summed E-state index contributed by atoms with van der Waals surface area (Å²) in [4.78, 5) is 29.5. The molecule has 1 saturated heterocycles. The first kappa shape index (κ1) is 27.1. The molecule has 1 aromatic heterocycles. The largest absolute Gasteiger partial charge is 0.497 e. The molecule has 2 amide bonds.